The van der Waals surface area contributed by atoms with Gasteiger partial charge in [-0.15, -0.1) is 0 Å². The van der Waals surface area contributed by atoms with Gasteiger partial charge in [0, 0.05) is 39.1 Å². The second-order valence-corrected chi connectivity index (χ2v) is 7.54. The van der Waals surface area contributed by atoms with Crippen LogP contribution in [0.5, 0.6) is 0 Å². The molecule has 0 saturated carbocycles. The van der Waals surface area contributed by atoms with E-state index in [1.54, 1.807) is 24.3 Å². The third-order valence-electron chi connectivity index (χ3n) is 5.78. The number of nitrogens with one attached hydrogen (secondary N) is 1. The Morgan fingerprint density at radius 1 is 0.900 bits per heavy atom. The molecule has 2 aromatic carbocycles. The van der Waals surface area contributed by atoms with Gasteiger partial charge in [0.2, 0.25) is 5.91 Å². The van der Waals surface area contributed by atoms with Crippen LogP contribution in [0.15, 0.2) is 48.5 Å². The van der Waals surface area contributed by atoms with Crippen LogP contribution < -0.4 is 10.2 Å². The van der Waals surface area contributed by atoms with Crippen molar-refractivity contribution in [1.29, 1.82) is 0 Å². The van der Waals surface area contributed by atoms with E-state index in [9.17, 15) is 14.4 Å². The zero-order valence-electron chi connectivity index (χ0n) is 17.1. The summed E-state index contributed by atoms with van der Waals surface area (Å²) >= 11 is 0. The number of rotatable bonds is 6. The van der Waals surface area contributed by atoms with Crippen LogP contribution in [0.25, 0.3) is 0 Å². The molecule has 0 radical (unpaired) electrons. The zero-order valence-corrected chi connectivity index (χ0v) is 17.1. The molecule has 7 heteroatoms. The lowest BCUT2D eigenvalue weighted by molar-refractivity contribution is -0.116. The number of carbonyl (C=O) groups excluding carboxylic acids is 3. The van der Waals surface area contributed by atoms with Gasteiger partial charge in [0.25, 0.3) is 11.8 Å². The average molecular weight is 406 g/mol. The lowest BCUT2D eigenvalue weighted by atomic mass is 10.1. The van der Waals surface area contributed by atoms with E-state index < -0.39 is 0 Å². The maximum absolute atomic E-state index is 12.6. The van der Waals surface area contributed by atoms with Crippen molar-refractivity contribution in [1.82, 2.24) is 9.80 Å². The van der Waals surface area contributed by atoms with Gasteiger partial charge < -0.3 is 15.1 Å². The molecule has 0 unspecified atom stereocenters. The second kappa shape index (κ2) is 8.67. The normalized spacial score (nSPS) is 16.7. The van der Waals surface area contributed by atoms with Gasteiger partial charge in [0.1, 0.15) is 0 Å². The largest absolute Gasteiger partial charge is 0.367 e. The molecule has 7 nitrogen and oxygen atoms in total. The first kappa shape index (κ1) is 20.1. The van der Waals surface area contributed by atoms with Crippen molar-refractivity contribution in [2.45, 2.75) is 13.3 Å². The maximum atomic E-state index is 12.6. The summed E-state index contributed by atoms with van der Waals surface area (Å²) in [6, 6.07) is 14.5. The van der Waals surface area contributed by atoms with E-state index in [0.717, 1.165) is 49.0 Å². The van der Waals surface area contributed by atoms with Crippen LogP contribution in [-0.2, 0) is 4.79 Å². The van der Waals surface area contributed by atoms with Gasteiger partial charge >= 0.3 is 0 Å². The molecule has 2 aliphatic rings. The van der Waals surface area contributed by atoms with E-state index in [2.05, 4.69) is 22.0 Å². The van der Waals surface area contributed by atoms with Gasteiger partial charge in [0.05, 0.1) is 22.5 Å². The smallest absolute Gasteiger partial charge is 0.261 e. The Morgan fingerprint density at radius 3 is 2.13 bits per heavy atom. The van der Waals surface area contributed by atoms with Crippen molar-refractivity contribution in [3.05, 3.63) is 59.7 Å². The number of likely N-dealkylation sites (N-methyl/N-ethyl adjacent to an activating group) is 1. The number of benzene rings is 2. The van der Waals surface area contributed by atoms with E-state index in [-0.39, 0.29) is 30.7 Å². The fraction of sp³-hybridized carbons (Fsp3) is 0.348. The van der Waals surface area contributed by atoms with Crippen molar-refractivity contribution >= 4 is 29.1 Å². The standard InChI is InChI=1S/C23H26N4O3/c1-2-25-13-15-26(16-14-25)20-10-6-5-9-19(20)24-21(28)11-12-27-22(29)17-7-3-4-8-18(17)23(27)30/h3-10H,2,11-16H2,1H3,(H,24,28). The number of hydrogen-bond acceptors (Lipinski definition) is 5. The molecule has 156 valence electrons. The zero-order chi connectivity index (χ0) is 21.1. The number of amides is 3. The van der Waals surface area contributed by atoms with E-state index in [1.165, 1.54) is 0 Å². The van der Waals surface area contributed by atoms with E-state index in [4.69, 9.17) is 0 Å². The van der Waals surface area contributed by atoms with Crippen LogP contribution in [0.2, 0.25) is 0 Å². The quantitative estimate of drug-likeness (QED) is 0.746. The minimum atomic E-state index is -0.336. The van der Waals surface area contributed by atoms with Gasteiger partial charge in [-0.3, -0.25) is 19.3 Å². The Bertz CT molecular complexity index is 931. The number of para-hydroxylation sites is 2. The Labute approximate surface area is 176 Å². The van der Waals surface area contributed by atoms with Crippen molar-refractivity contribution < 1.29 is 14.4 Å². The number of nitrogens with zero attached hydrogens (tertiary/aromatic N) is 3. The molecule has 2 aromatic rings. The average Bonchev–Trinajstić information content (AvgIpc) is 3.03. The van der Waals surface area contributed by atoms with E-state index in [0.29, 0.717) is 11.1 Å². The summed E-state index contributed by atoms with van der Waals surface area (Å²) in [6.07, 6.45) is 0.0589. The number of carbonyl (C=O) groups is 3. The second-order valence-electron chi connectivity index (χ2n) is 7.54. The maximum Gasteiger partial charge on any atom is 0.261 e. The molecule has 0 bridgehead atoms. The Kier molecular flexibility index (Phi) is 5.81. The molecule has 2 aliphatic heterocycles. The van der Waals surface area contributed by atoms with Crippen molar-refractivity contribution in [3.8, 4) is 0 Å². The highest BCUT2D eigenvalue weighted by Gasteiger charge is 2.35. The molecule has 1 fully saturated rings. The van der Waals surface area contributed by atoms with Gasteiger partial charge in [-0.25, -0.2) is 0 Å². The first-order valence-electron chi connectivity index (χ1n) is 10.4. The molecule has 2 heterocycles. The Hall–Kier alpha value is -3.19. The Balaban J connectivity index is 1.38. The third-order valence-corrected chi connectivity index (χ3v) is 5.78. The fourth-order valence-corrected chi connectivity index (χ4v) is 4.03. The summed E-state index contributed by atoms with van der Waals surface area (Å²) in [7, 11) is 0. The SMILES string of the molecule is CCN1CCN(c2ccccc2NC(=O)CCN2C(=O)c3ccccc3C2=O)CC1. The summed E-state index contributed by atoms with van der Waals surface area (Å²) in [5, 5.41) is 2.96. The number of anilines is 2. The molecule has 1 saturated heterocycles. The first-order chi connectivity index (χ1) is 14.6. The number of fused-ring (bicyclic) bond motifs is 1. The molecule has 0 aliphatic carbocycles. The van der Waals surface area contributed by atoms with Crippen LogP contribution >= 0.6 is 0 Å². The monoisotopic (exact) mass is 406 g/mol. The highest BCUT2D eigenvalue weighted by atomic mass is 16.2. The summed E-state index contributed by atoms with van der Waals surface area (Å²) in [4.78, 5) is 43.3. The van der Waals surface area contributed by atoms with Crippen LogP contribution in [0.3, 0.4) is 0 Å². The summed E-state index contributed by atoms with van der Waals surface area (Å²) in [5.74, 6) is -0.888. The minimum Gasteiger partial charge on any atom is -0.367 e. The topological polar surface area (TPSA) is 73.0 Å². The molecular weight excluding hydrogens is 380 g/mol. The van der Waals surface area contributed by atoms with Crippen molar-refractivity contribution in [2.24, 2.45) is 0 Å². The number of imide groups is 1. The lowest BCUT2D eigenvalue weighted by Crippen LogP contribution is -2.46. The van der Waals surface area contributed by atoms with Crippen LogP contribution in [0.4, 0.5) is 11.4 Å². The van der Waals surface area contributed by atoms with Crippen LogP contribution in [0, 0.1) is 0 Å². The highest BCUT2D eigenvalue weighted by Crippen LogP contribution is 2.27. The molecule has 0 spiro atoms. The lowest BCUT2D eigenvalue weighted by Gasteiger charge is -2.36. The first-order valence-corrected chi connectivity index (χ1v) is 10.4. The summed E-state index contributed by atoms with van der Waals surface area (Å²) < 4.78 is 0. The van der Waals surface area contributed by atoms with E-state index in [1.807, 2.05) is 24.3 Å². The highest BCUT2D eigenvalue weighted by molar-refractivity contribution is 6.21. The van der Waals surface area contributed by atoms with Crippen molar-refractivity contribution in [3.63, 3.8) is 0 Å². The molecule has 30 heavy (non-hydrogen) atoms. The fourth-order valence-electron chi connectivity index (χ4n) is 4.03. The Morgan fingerprint density at radius 2 is 1.50 bits per heavy atom. The minimum absolute atomic E-state index is 0.0589. The van der Waals surface area contributed by atoms with Crippen LogP contribution in [0.1, 0.15) is 34.1 Å². The molecule has 3 amide bonds. The predicted octanol–water partition coefficient (Wildman–Crippen LogP) is 2.45. The van der Waals surface area contributed by atoms with E-state index >= 15 is 0 Å². The molecule has 0 atom stereocenters. The van der Waals surface area contributed by atoms with Crippen LogP contribution in [-0.4, -0.2) is 66.8 Å². The molecule has 4 rings (SSSR count). The molecular formula is C23H26N4O3. The van der Waals surface area contributed by atoms with Gasteiger partial charge in [-0.1, -0.05) is 31.2 Å². The summed E-state index contributed by atoms with van der Waals surface area (Å²) in [5.41, 5.74) is 2.57. The third kappa shape index (κ3) is 3.93. The summed E-state index contributed by atoms with van der Waals surface area (Å²) in [6.45, 7) is 7.10. The van der Waals surface area contributed by atoms with Gasteiger partial charge in [-0.2, -0.15) is 0 Å². The van der Waals surface area contributed by atoms with Gasteiger partial charge in [-0.05, 0) is 30.8 Å². The molecule has 0 aromatic heterocycles. The molecule has 1 N–H and O–H groups in total. The van der Waals surface area contributed by atoms with Gasteiger partial charge in [0.15, 0.2) is 0 Å². The number of hydrogen-bond donors (Lipinski definition) is 1. The number of piperazine rings is 1. The predicted molar refractivity (Wildman–Crippen MR) is 116 cm³/mol. The van der Waals surface area contributed by atoms with Crippen molar-refractivity contribution in [2.75, 3.05) is 49.5 Å².